The van der Waals surface area contributed by atoms with Crippen molar-refractivity contribution in [2.45, 2.75) is 26.9 Å². The molecule has 4 heteroatoms. The molecule has 3 nitrogen and oxygen atoms in total. The third-order valence-corrected chi connectivity index (χ3v) is 4.41. The summed E-state index contributed by atoms with van der Waals surface area (Å²) in [4.78, 5) is 4.10. The molecular formula is C15H17BrN2O. The Morgan fingerprint density at radius 2 is 1.74 bits per heavy atom. The number of nitrogens with zero attached hydrogens (tertiary/aromatic N) is 1. The highest BCUT2D eigenvalue weighted by Crippen LogP contribution is 2.30. The van der Waals surface area contributed by atoms with Crippen LogP contribution in [-0.4, -0.2) is 10.1 Å². The Morgan fingerprint density at radius 1 is 1.16 bits per heavy atom. The average molecular weight is 321 g/mol. The van der Waals surface area contributed by atoms with Gasteiger partial charge in [-0.3, -0.25) is 0 Å². The van der Waals surface area contributed by atoms with Gasteiger partial charge in [0.1, 0.15) is 11.9 Å². The fraction of sp³-hybridized carbons (Fsp3) is 0.267. The maximum Gasteiger partial charge on any atom is 0.129 e. The van der Waals surface area contributed by atoms with E-state index in [1.165, 1.54) is 0 Å². The van der Waals surface area contributed by atoms with E-state index in [0.717, 1.165) is 26.7 Å². The van der Waals surface area contributed by atoms with Crippen LogP contribution in [0.5, 0.6) is 0 Å². The van der Waals surface area contributed by atoms with Crippen molar-refractivity contribution in [3.05, 3.63) is 56.7 Å². The van der Waals surface area contributed by atoms with Crippen LogP contribution in [0.2, 0.25) is 0 Å². The van der Waals surface area contributed by atoms with Gasteiger partial charge in [-0.15, -0.1) is 0 Å². The average Bonchev–Trinajstić information content (AvgIpc) is 2.37. The molecule has 19 heavy (non-hydrogen) atoms. The Morgan fingerprint density at radius 3 is 2.32 bits per heavy atom. The van der Waals surface area contributed by atoms with Gasteiger partial charge in [-0.1, -0.05) is 28.1 Å². The van der Waals surface area contributed by atoms with Gasteiger partial charge in [-0.25, -0.2) is 4.98 Å². The summed E-state index contributed by atoms with van der Waals surface area (Å²) in [7, 11) is 0. The lowest BCUT2D eigenvalue weighted by Gasteiger charge is -2.16. The number of nitrogen functional groups attached to an aromatic ring is 1. The summed E-state index contributed by atoms with van der Waals surface area (Å²) in [6.07, 6.45) is 0.946. The predicted molar refractivity (Wildman–Crippen MR) is 81.1 cm³/mol. The molecule has 3 N–H and O–H groups in total. The van der Waals surface area contributed by atoms with Gasteiger partial charge in [-0.2, -0.15) is 0 Å². The standard InChI is InChI=1S/C15H17BrN2O/c1-8-4-12(15(17)18-7-8)14(19)11-5-9(2)13(16)10(3)6-11/h4-7,14,19H,1-3H3,(H2,17,18). The van der Waals surface area contributed by atoms with Gasteiger partial charge in [-0.05, 0) is 49.1 Å². The maximum absolute atomic E-state index is 10.5. The number of hydrogen-bond acceptors (Lipinski definition) is 3. The topological polar surface area (TPSA) is 59.1 Å². The van der Waals surface area contributed by atoms with Gasteiger partial charge >= 0.3 is 0 Å². The molecule has 0 saturated heterocycles. The quantitative estimate of drug-likeness (QED) is 0.891. The minimum Gasteiger partial charge on any atom is -0.384 e. The van der Waals surface area contributed by atoms with Crippen LogP contribution in [0, 0.1) is 20.8 Å². The molecule has 0 radical (unpaired) electrons. The summed E-state index contributed by atoms with van der Waals surface area (Å²) in [5.74, 6) is 0.372. The van der Waals surface area contributed by atoms with Crippen LogP contribution in [-0.2, 0) is 0 Å². The number of aromatic nitrogens is 1. The van der Waals surface area contributed by atoms with E-state index >= 15 is 0 Å². The first-order valence-corrected chi connectivity index (χ1v) is 6.86. The van der Waals surface area contributed by atoms with Crippen molar-refractivity contribution >= 4 is 21.7 Å². The van der Waals surface area contributed by atoms with Crippen LogP contribution in [0.4, 0.5) is 5.82 Å². The first-order chi connectivity index (χ1) is 8.90. The molecular weight excluding hydrogens is 304 g/mol. The van der Waals surface area contributed by atoms with E-state index in [4.69, 9.17) is 5.73 Å². The second-order valence-corrected chi connectivity index (χ2v) is 5.65. The van der Waals surface area contributed by atoms with Crippen molar-refractivity contribution in [2.24, 2.45) is 0 Å². The molecule has 0 fully saturated rings. The Balaban J connectivity index is 2.49. The minimum absolute atomic E-state index is 0.372. The fourth-order valence-corrected chi connectivity index (χ4v) is 2.37. The third-order valence-electron chi connectivity index (χ3n) is 3.16. The molecule has 0 bridgehead atoms. The first-order valence-electron chi connectivity index (χ1n) is 6.07. The minimum atomic E-state index is -0.752. The molecule has 2 rings (SSSR count). The summed E-state index contributed by atoms with van der Waals surface area (Å²) >= 11 is 3.53. The van der Waals surface area contributed by atoms with Crippen molar-refractivity contribution in [3.8, 4) is 0 Å². The fourth-order valence-electron chi connectivity index (χ4n) is 2.14. The third kappa shape index (κ3) is 2.80. The van der Waals surface area contributed by atoms with E-state index in [2.05, 4.69) is 20.9 Å². The van der Waals surface area contributed by atoms with Crippen LogP contribution < -0.4 is 5.73 Å². The van der Waals surface area contributed by atoms with E-state index in [-0.39, 0.29) is 0 Å². The van der Waals surface area contributed by atoms with Gasteiger partial charge in [0.2, 0.25) is 0 Å². The number of pyridine rings is 1. The zero-order valence-electron chi connectivity index (χ0n) is 11.2. The summed E-state index contributed by atoms with van der Waals surface area (Å²) in [6.45, 7) is 5.94. The number of aliphatic hydroxyl groups is 1. The largest absolute Gasteiger partial charge is 0.384 e. The summed E-state index contributed by atoms with van der Waals surface area (Å²) in [6, 6.07) is 5.80. The number of nitrogens with two attached hydrogens (primary N) is 1. The molecule has 0 aliphatic rings. The second kappa shape index (κ2) is 5.31. The van der Waals surface area contributed by atoms with Crippen molar-refractivity contribution in [2.75, 3.05) is 5.73 Å². The van der Waals surface area contributed by atoms with Gasteiger partial charge in [0.05, 0.1) is 0 Å². The van der Waals surface area contributed by atoms with Crippen LogP contribution >= 0.6 is 15.9 Å². The smallest absolute Gasteiger partial charge is 0.129 e. The number of anilines is 1. The maximum atomic E-state index is 10.5. The summed E-state index contributed by atoms with van der Waals surface area (Å²) in [5.41, 5.74) is 10.5. The van der Waals surface area contributed by atoms with Crippen LogP contribution in [0.3, 0.4) is 0 Å². The second-order valence-electron chi connectivity index (χ2n) is 4.86. The van der Waals surface area contributed by atoms with Crippen LogP contribution in [0.15, 0.2) is 28.9 Å². The molecule has 2 aromatic rings. The Labute approximate surface area is 121 Å². The van der Waals surface area contributed by atoms with E-state index in [0.29, 0.717) is 11.4 Å². The summed E-state index contributed by atoms with van der Waals surface area (Å²) < 4.78 is 1.07. The van der Waals surface area contributed by atoms with Gasteiger partial charge in [0, 0.05) is 16.2 Å². The van der Waals surface area contributed by atoms with Crippen LogP contribution in [0.1, 0.15) is 33.9 Å². The Bertz CT molecular complexity index is 603. The van der Waals surface area contributed by atoms with Crippen LogP contribution in [0.25, 0.3) is 0 Å². The van der Waals surface area contributed by atoms with Gasteiger partial charge in [0.15, 0.2) is 0 Å². The number of benzene rings is 1. The highest BCUT2D eigenvalue weighted by atomic mass is 79.9. The van der Waals surface area contributed by atoms with Gasteiger partial charge in [0.25, 0.3) is 0 Å². The molecule has 0 aliphatic heterocycles. The molecule has 0 spiro atoms. The number of rotatable bonds is 2. The van der Waals surface area contributed by atoms with E-state index in [1.807, 2.05) is 39.0 Å². The molecule has 1 heterocycles. The Kier molecular flexibility index (Phi) is 3.92. The highest BCUT2D eigenvalue weighted by molar-refractivity contribution is 9.10. The zero-order valence-corrected chi connectivity index (χ0v) is 12.8. The van der Waals surface area contributed by atoms with Crippen molar-refractivity contribution in [1.82, 2.24) is 4.98 Å². The van der Waals surface area contributed by atoms with E-state index in [1.54, 1.807) is 6.20 Å². The van der Waals surface area contributed by atoms with Crippen molar-refractivity contribution in [1.29, 1.82) is 0 Å². The SMILES string of the molecule is Cc1cnc(N)c(C(O)c2cc(C)c(Br)c(C)c2)c1. The Hall–Kier alpha value is -1.39. The highest BCUT2D eigenvalue weighted by Gasteiger charge is 2.16. The van der Waals surface area contributed by atoms with Crippen molar-refractivity contribution in [3.63, 3.8) is 0 Å². The number of aliphatic hydroxyl groups excluding tert-OH is 1. The molecule has 100 valence electrons. The monoisotopic (exact) mass is 320 g/mol. The molecule has 1 unspecified atom stereocenters. The lowest BCUT2D eigenvalue weighted by molar-refractivity contribution is 0.220. The first kappa shape index (κ1) is 14.0. The molecule has 1 aromatic heterocycles. The lowest BCUT2D eigenvalue weighted by Crippen LogP contribution is -2.06. The molecule has 0 saturated carbocycles. The molecule has 0 aliphatic carbocycles. The van der Waals surface area contributed by atoms with Crippen molar-refractivity contribution < 1.29 is 5.11 Å². The molecule has 0 amide bonds. The van der Waals surface area contributed by atoms with E-state index in [9.17, 15) is 5.11 Å². The van der Waals surface area contributed by atoms with E-state index < -0.39 is 6.10 Å². The normalized spacial score (nSPS) is 12.5. The number of halogens is 1. The van der Waals surface area contributed by atoms with Gasteiger partial charge < -0.3 is 10.8 Å². The zero-order chi connectivity index (χ0) is 14.2. The molecule has 1 aromatic carbocycles. The number of hydrogen-bond donors (Lipinski definition) is 2. The lowest BCUT2D eigenvalue weighted by atomic mass is 9.97. The summed E-state index contributed by atoms with van der Waals surface area (Å²) in [5, 5.41) is 10.5. The number of aryl methyl sites for hydroxylation is 3. The molecule has 1 atom stereocenters. The predicted octanol–water partition coefficient (Wildman–Crippen LogP) is 3.43.